The van der Waals surface area contributed by atoms with Gasteiger partial charge in [0.25, 0.3) is 0 Å². The second-order valence-electron chi connectivity index (χ2n) is 3.23. The van der Waals surface area contributed by atoms with Gasteiger partial charge in [0.05, 0.1) is 5.56 Å². The quantitative estimate of drug-likeness (QED) is 0.756. The Morgan fingerprint density at radius 2 is 2.31 bits per heavy atom. The Hall–Kier alpha value is -1.40. The van der Waals surface area contributed by atoms with Crippen LogP contribution in [0.15, 0.2) is 18.5 Å². The van der Waals surface area contributed by atoms with Crippen LogP contribution in [0.3, 0.4) is 0 Å². The Balaban J connectivity index is 2.63. The third-order valence-corrected chi connectivity index (χ3v) is 1.64. The topological polar surface area (TPSA) is 48.7 Å². The molecular formula is C10H13N3. The molecule has 0 spiro atoms. The fraction of sp³-hybridized carbons (Fsp3) is 0.400. The zero-order chi connectivity index (χ0) is 9.68. The molecule has 0 fully saturated rings. The maximum atomic E-state index is 8.63. The molecule has 1 aromatic rings. The zero-order valence-electron chi connectivity index (χ0n) is 7.91. The van der Waals surface area contributed by atoms with Gasteiger partial charge in [-0.2, -0.15) is 5.26 Å². The van der Waals surface area contributed by atoms with E-state index in [1.807, 2.05) is 6.07 Å². The van der Waals surface area contributed by atoms with Crippen LogP contribution in [0, 0.1) is 11.3 Å². The molecule has 13 heavy (non-hydrogen) atoms. The molecule has 0 aliphatic rings. The molecule has 0 amide bonds. The molecule has 0 aliphatic heterocycles. The molecule has 3 heteroatoms. The highest BCUT2D eigenvalue weighted by Crippen LogP contribution is 2.01. The molecule has 1 N–H and O–H groups in total. The predicted octanol–water partition coefficient (Wildman–Crippen LogP) is 1.45. The molecule has 0 unspecified atom stereocenters. The zero-order valence-corrected chi connectivity index (χ0v) is 7.91. The summed E-state index contributed by atoms with van der Waals surface area (Å²) in [6, 6.07) is 4.36. The summed E-state index contributed by atoms with van der Waals surface area (Å²) in [6.07, 6.45) is 3.34. The summed E-state index contributed by atoms with van der Waals surface area (Å²) in [5.74, 6) is 0. The van der Waals surface area contributed by atoms with Crippen LogP contribution >= 0.6 is 0 Å². The third kappa shape index (κ3) is 3.22. The molecule has 1 heterocycles. The van der Waals surface area contributed by atoms with Gasteiger partial charge in [-0.25, -0.2) is 0 Å². The molecule has 1 aromatic heterocycles. The minimum absolute atomic E-state index is 0.450. The fourth-order valence-electron chi connectivity index (χ4n) is 0.967. The van der Waals surface area contributed by atoms with E-state index in [0.29, 0.717) is 11.6 Å². The highest BCUT2D eigenvalue weighted by atomic mass is 14.9. The van der Waals surface area contributed by atoms with Crippen LogP contribution in [0.25, 0.3) is 0 Å². The van der Waals surface area contributed by atoms with Gasteiger partial charge in [0.15, 0.2) is 0 Å². The second kappa shape index (κ2) is 4.58. The lowest BCUT2D eigenvalue weighted by Gasteiger charge is -2.07. The summed E-state index contributed by atoms with van der Waals surface area (Å²) < 4.78 is 0. The Kier molecular flexibility index (Phi) is 3.41. The molecule has 0 aromatic carbocycles. The third-order valence-electron chi connectivity index (χ3n) is 1.64. The number of hydrogen-bond acceptors (Lipinski definition) is 3. The van der Waals surface area contributed by atoms with E-state index in [9.17, 15) is 0 Å². The molecule has 0 aliphatic carbocycles. The first-order valence-corrected chi connectivity index (χ1v) is 4.30. The minimum atomic E-state index is 0.450. The number of nitriles is 1. The van der Waals surface area contributed by atoms with E-state index in [1.54, 1.807) is 12.4 Å². The van der Waals surface area contributed by atoms with Gasteiger partial charge >= 0.3 is 0 Å². The van der Waals surface area contributed by atoms with Gasteiger partial charge in [0, 0.05) is 25.0 Å². The van der Waals surface area contributed by atoms with Crippen molar-refractivity contribution < 1.29 is 0 Å². The van der Waals surface area contributed by atoms with Crippen molar-refractivity contribution in [2.24, 2.45) is 0 Å². The van der Waals surface area contributed by atoms with E-state index >= 15 is 0 Å². The molecular weight excluding hydrogens is 162 g/mol. The lowest BCUT2D eigenvalue weighted by molar-refractivity contribution is 0.588. The summed E-state index contributed by atoms with van der Waals surface area (Å²) >= 11 is 0. The number of nitrogens with one attached hydrogen (secondary N) is 1. The van der Waals surface area contributed by atoms with Crippen molar-refractivity contribution >= 4 is 0 Å². The number of aromatic nitrogens is 1. The second-order valence-corrected chi connectivity index (χ2v) is 3.23. The summed E-state index contributed by atoms with van der Waals surface area (Å²) in [5, 5.41) is 11.9. The molecule has 0 radical (unpaired) electrons. The van der Waals surface area contributed by atoms with Gasteiger partial charge in [0.2, 0.25) is 0 Å². The maximum absolute atomic E-state index is 8.63. The van der Waals surface area contributed by atoms with E-state index in [-0.39, 0.29) is 0 Å². The average molecular weight is 175 g/mol. The minimum Gasteiger partial charge on any atom is -0.310 e. The molecule has 0 atom stereocenters. The number of nitrogens with zero attached hydrogens (tertiary/aromatic N) is 2. The van der Waals surface area contributed by atoms with Crippen molar-refractivity contribution in [3.63, 3.8) is 0 Å². The number of pyridine rings is 1. The maximum Gasteiger partial charge on any atom is 0.101 e. The van der Waals surface area contributed by atoms with Crippen LogP contribution in [-0.2, 0) is 6.54 Å². The Morgan fingerprint density at radius 3 is 2.92 bits per heavy atom. The van der Waals surface area contributed by atoms with Gasteiger partial charge in [-0.1, -0.05) is 13.8 Å². The Bertz CT molecular complexity index is 312. The van der Waals surface area contributed by atoms with Gasteiger partial charge in [-0.3, -0.25) is 4.98 Å². The normalized spacial score (nSPS) is 10.0. The van der Waals surface area contributed by atoms with Crippen molar-refractivity contribution in [1.82, 2.24) is 10.3 Å². The first-order chi connectivity index (χ1) is 6.22. The lowest BCUT2D eigenvalue weighted by atomic mass is 10.2. The van der Waals surface area contributed by atoms with Gasteiger partial charge in [-0.15, -0.1) is 0 Å². The molecule has 0 saturated carbocycles. The van der Waals surface area contributed by atoms with Crippen molar-refractivity contribution in [2.75, 3.05) is 0 Å². The van der Waals surface area contributed by atoms with Crippen LogP contribution in [0.4, 0.5) is 0 Å². The fourth-order valence-corrected chi connectivity index (χ4v) is 0.967. The Labute approximate surface area is 78.4 Å². The molecule has 0 saturated heterocycles. The summed E-state index contributed by atoms with van der Waals surface area (Å²) in [5.41, 5.74) is 1.66. The molecule has 68 valence electrons. The molecule has 1 rings (SSSR count). The smallest absolute Gasteiger partial charge is 0.101 e. The summed E-state index contributed by atoms with van der Waals surface area (Å²) in [6.45, 7) is 4.93. The van der Waals surface area contributed by atoms with Crippen LogP contribution < -0.4 is 5.32 Å². The monoisotopic (exact) mass is 175 g/mol. The highest BCUT2D eigenvalue weighted by molar-refractivity contribution is 5.28. The first kappa shape index (κ1) is 9.69. The Morgan fingerprint density at radius 1 is 1.54 bits per heavy atom. The number of hydrogen-bond donors (Lipinski definition) is 1. The van der Waals surface area contributed by atoms with Crippen molar-refractivity contribution in [3.05, 3.63) is 29.6 Å². The van der Waals surface area contributed by atoms with E-state index in [2.05, 4.69) is 30.2 Å². The van der Waals surface area contributed by atoms with Gasteiger partial charge in [-0.05, 0) is 11.6 Å². The van der Waals surface area contributed by atoms with Crippen molar-refractivity contribution in [2.45, 2.75) is 26.4 Å². The van der Waals surface area contributed by atoms with E-state index in [4.69, 9.17) is 5.26 Å². The van der Waals surface area contributed by atoms with Gasteiger partial charge < -0.3 is 5.32 Å². The van der Waals surface area contributed by atoms with Crippen LogP contribution in [-0.4, -0.2) is 11.0 Å². The van der Waals surface area contributed by atoms with Crippen LogP contribution in [0.5, 0.6) is 0 Å². The average Bonchev–Trinajstić information content (AvgIpc) is 2.15. The lowest BCUT2D eigenvalue weighted by Crippen LogP contribution is -2.21. The largest absolute Gasteiger partial charge is 0.310 e. The summed E-state index contributed by atoms with van der Waals surface area (Å²) in [7, 11) is 0. The van der Waals surface area contributed by atoms with Gasteiger partial charge in [0.1, 0.15) is 6.07 Å². The van der Waals surface area contributed by atoms with Crippen LogP contribution in [0.1, 0.15) is 25.0 Å². The van der Waals surface area contributed by atoms with Crippen molar-refractivity contribution in [1.29, 1.82) is 5.26 Å². The van der Waals surface area contributed by atoms with E-state index in [1.165, 1.54) is 0 Å². The molecule has 3 nitrogen and oxygen atoms in total. The highest BCUT2D eigenvalue weighted by Gasteiger charge is 1.97. The number of rotatable bonds is 3. The van der Waals surface area contributed by atoms with Crippen LogP contribution in [0.2, 0.25) is 0 Å². The molecule has 0 bridgehead atoms. The standard InChI is InChI=1S/C10H13N3/c1-8(2)13-7-10-3-9(4-11)5-12-6-10/h3,5-6,8,13H,7H2,1-2H3. The predicted molar refractivity (Wildman–Crippen MR) is 50.9 cm³/mol. The van der Waals surface area contributed by atoms with E-state index in [0.717, 1.165) is 12.1 Å². The first-order valence-electron chi connectivity index (χ1n) is 4.30. The SMILES string of the molecule is CC(C)NCc1cncc(C#N)c1. The summed E-state index contributed by atoms with van der Waals surface area (Å²) in [4.78, 5) is 3.97. The van der Waals surface area contributed by atoms with Crippen molar-refractivity contribution in [3.8, 4) is 6.07 Å². The van der Waals surface area contributed by atoms with E-state index < -0.39 is 0 Å².